The first-order valence-corrected chi connectivity index (χ1v) is 7.16. The summed E-state index contributed by atoms with van der Waals surface area (Å²) in [5.41, 5.74) is 4.86. The minimum Gasteiger partial charge on any atom is -0.380 e. The maximum atomic E-state index is 4.33. The Bertz CT molecular complexity index is 678. The molecule has 3 aromatic rings. The number of hydrogen-bond acceptors (Lipinski definition) is 2. The van der Waals surface area contributed by atoms with Gasteiger partial charge in [-0.1, -0.05) is 60.7 Å². The average Bonchev–Trinajstić information content (AvgIpc) is 2.55. The van der Waals surface area contributed by atoms with Crippen LogP contribution < -0.4 is 5.32 Å². The fourth-order valence-corrected chi connectivity index (χ4v) is 2.31. The van der Waals surface area contributed by atoms with Gasteiger partial charge in [0.2, 0.25) is 0 Å². The van der Waals surface area contributed by atoms with E-state index in [2.05, 4.69) is 64.9 Å². The number of nitrogens with one attached hydrogen (secondary N) is 1. The number of hydrogen-bond donors (Lipinski definition) is 1. The lowest BCUT2D eigenvalue weighted by atomic mass is 10.1. The van der Waals surface area contributed by atoms with E-state index in [9.17, 15) is 0 Å². The molecular formula is C19H18N2. The van der Waals surface area contributed by atoms with E-state index in [-0.39, 0.29) is 0 Å². The Hall–Kier alpha value is -2.61. The van der Waals surface area contributed by atoms with Crippen molar-refractivity contribution in [2.45, 2.75) is 13.0 Å². The van der Waals surface area contributed by atoms with Gasteiger partial charge in [-0.2, -0.15) is 0 Å². The van der Waals surface area contributed by atoms with Gasteiger partial charge in [-0.25, -0.2) is 0 Å². The summed E-state index contributed by atoms with van der Waals surface area (Å²) >= 11 is 0. The number of pyridine rings is 1. The van der Waals surface area contributed by atoms with Gasteiger partial charge >= 0.3 is 0 Å². The highest BCUT2D eigenvalue weighted by Gasteiger charge is 1.99. The van der Waals surface area contributed by atoms with Gasteiger partial charge in [0.1, 0.15) is 0 Å². The summed E-state index contributed by atoms with van der Waals surface area (Å²) in [6.07, 6.45) is 4.72. The fourth-order valence-electron chi connectivity index (χ4n) is 2.31. The van der Waals surface area contributed by atoms with Crippen LogP contribution in [0.2, 0.25) is 0 Å². The monoisotopic (exact) mass is 274 g/mol. The van der Waals surface area contributed by atoms with Crippen LogP contribution in [0.3, 0.4) is 0 Å². The molecule has 104 valence electrons. The van der Waals surface area contributed by atoms with Gasteiger partial charge in [0.25, 0.3) is 0 Å². The Morgan fingerprint density at radius 2 is 1.38 bits per heavy atom. The third kappa shape index (κ3) is 3.93. The van der Waals surface area contributed by atoms with Crippen molar-refractivity contribution in [3.63, 3.8) is 0 Å². The van der Waals surface area contributed by atoms with Gasteiger partial charge in [-0.3, -0.25) is 4.98 Å². The zero-order valence-corrected chi connectivity index (χ0v) is 11.9. The molecule has 1 aromatic heterocycles. The van der Waals surface area contributed by atoms with Crippen LogP contribution >= 0.6 is 0 Å². The highest BCUT2D eigenvalue weighted by molar-refractivity contribution is 5.44. The maximum absolute atomic E-state index is 4.33. The zero-order valence-electron chi connectivity index (χ0n) is 11.9. The van der Waals surface area contributed by atoms with Crippen LogP contribution in [0, 0.1) is 0 Å². The molecule has 0 aliphatic heterocycles. The average molecular weight is 274 g/mol. The Labute approximate surface area is 125 Å². The van der Waals surface area contributed by atoms with Crippen LogP contribution in [-0.4, -0.2) is 4.98 Å². The summed E-state index contributed by atoms with van der Waals surface area (Å²) in [7, 11) is 0. The van der Waals surface area contributed by atoms with Crippen molar-refractivity contribution in [3.05, 3.63) is 95.8 Å². The lowest BCUT2D eigenvalue weighted by Gasteiger charge is -2.08. The molecule has 0 saturated heterocycles. The van der Waals surface area contributed by atoms with Crippen molar-refractivity contribution in [3.8, 4) is 0 Å². The number of nitrogens with zero attached hydrogens (tertiary/aromatic N) is 1. The highest BCUT2D eigenvalue weighted by atomic mass is 14.9. The molecule has 2 heteroatoms. The maximum Gasteiger partial charge on any atom is 0.0532 e. The van der Waals surface area contributed by atoms with E-state index in [0.717, 1.165) is 18.7 Å². The summed E-state index contributed by atoms with van der Waals surface area (Å²) in [6, 6.07) is 23.0. The quantitative estimate of drug-likeness (QED) is 0.751. The van der Waals surface area contributed by atoms with E-state index in [1.165, 1.54) is 16.7 Å². The standard InChI is InChI=1S/C19H18N2/c1-3-7-16(8-4-1)11-18-12-19(15-20-13-18)21-14-17-9-5-2-6-10-17/h1-10,12-13,15,21H,11,14H2. The number of rotatable bonds is 5. The molecule has 0 atom stereocenters. The van der Waals surface area contributed by atoms with Gasteiger partial charge < -0.3 is 5.32 Å². The number of anilines is 1. The number of aromatic nitrogens is 1. The van der Waals surface area contributed by atoms with E-state index < -0.39 is 0 Å². The van der Waals surface area contributed by atoms with Crippen LogP contribution in [0.15, 0.2) is 79.1 Å². The van der Waals surface area contributed by atoms with Crippen molar-refractivity contribution >= 4 is 5.69 Å². The Morgan fingerprint density at radius 1 is 0.714 bits per heavy atom. The molecule has 0 saturated carbocycles. The molecule has 0 spiro atoms. The molecule has 1 N–H and O–H groups in total. The van der Waals surface area contributed by atoms with Crippen molar-refractivity contribution in [1.82, 2.24) is 4.98 Å². The second-order valence-corrected chi connectivity index (χ2v) is 5.08. The molecular weight excluding hydrogens is 256 g/mol. The van der Waals surface area contributed by atoms with Gasteiger partial charge in [0.05, 0.1) is 5.69 Å². The largest absolute Gasteiger partial charge is 0.380 e. The Kier molecular flexibility index (Phi) is 4.27. The van der Waals surface area contributed by atoms with Crippen molar-refractivity contribution < 1.29 is 0 Å². The normalized spacial score (nSPS) is 10.3. The minimum absolute atomic E-state index is 0.817. The molecule has 0 unspecified atom stereocenters. The molecule has 0 fully saturated rings. The lowest BCUT2D eigenvalue weighted by Crippen LogP contribution is -2.00. The Balaban J connectivity index is 1.66. The zero-order chi connectivity index (χ0) is 14.3. The summed E-state index contributed by atoms with van der Waals surface area (Å²) in [5.74, 6) is 0. The smallest absolute Gasteiger partial charge is 0.0532 e. The summed E-state index contributed by atoms with van der Waals surface area (Å²) in [5, 5.41) is 3.42. The summed E-state index contributed by atoms with van der Waals surface area (Å²) in [6.45, 7) is 0.817. The molecule has 3 rings (SSSR count). The van der Waals surface area contributed by atoms with Crippen molar-refractivity contribution in [1.29, 1.82) is 0 Å². The van der Waals surface area contributed by atoms with Crippen LogP contribution in [0.1, 0.15) is 16.7 Å². The second-order valence-electron chi connectivity index (χ2n) is 5.08. The van der Waals surface area contributed by atoms with E-state index >= 15 is 0 Å². The number of benzene rings is 2. The fraction of sp³-hybridized carbons (Fsp3) is 0.105. The predicted molar refractivity (Wildman–Crippen MR) is 87.3 cm³/mol. The second kappa shape index (κ2) is 6.71. The molecule has 2 aromatic carbocycles. The summed E-state index contributed by atoms with van der Waals surface area (Å²) in [4.78, 5) is 4.33. The Morgan fingerprint density at radius 3 is 2.10 bits per heavy atom. The molecule has 0 amide bonds. The molecule has 0 aliphatic carbocycles. The van der Waals surface area contributed by atoms with E-state index in [0.29, 0.717) is 0 Å². The van der Waals surface area contributed by atoms with Crippen LogP contribution in [0.25, 0.3) is 0 Å². The van der Waals surface area contributed by atoms with Crippen molar-refractivity contribution in [2.75, 3.05) is 5.32 Å². The first kappa shape index (κ1) is 13.4. The van der Waals surface area contributed by atoms with E-state index in [4.69, 9.17) is 0 Å². The molecule has 0 radical (unpaired) electrons. The van der Waals surface area contributed by atoms with Gasteiger partial charge in [-0.15, -0.1) is 0 Å². The predicted octanol–water partition coefficient (Wildman–Crippen LogP) is 4.28. The summed E-state index contributed by atoms with van der Waals surface area (Å²) < 4.78 is 0. The van der Waals surface area contributed by atoms with E-state index in [1.807, 2.05) is 24.5 Å². The minimum atomic E-state index is 0.817. The van der Waals surface area contributed by atoms with E-state index in [1.54, 1.807) is 0 Å². The lowest BCUT2D eigenvalue weighted by molar-refractivity contribution is 1.11. The van der Waals surface area contributed by atoms with Crippen LogP contribution in [0.5, 0.6) is 0 Å². The molecule has 1 heterocycles. The molecule has 0 bridgehead atoms. The molecule has 0 aliphatic rings. The topological polar surface area (TPSA) is 24.9 Å². The van der Waals surface area contributed by atoms with Gasteiger partial charge in [-0.05, 0) is 29.2 Å². The third-order valence-electron chi connectivity index (χ3n) is 3.39. The highest BCUT2D eigenvalue weighted by Crippen LogP contribution is 2.14. The first-order chi connectivity index (χ1) is 10.4. The SMILES string of the molecule is c1ccc(CNc2cncc(Cc3ccccc3)c2)cc1. The molecule has 21 heavy (non-hydrogen) atoms. The van der Waals surface area contributed by atoms with Gasteiger partial charge in [0.15, 0.2) is 0 Å². The van der Waals surface area contributed by atoms with Gasteiger partial charge in [0, 0.05) is 18.9 Å². The third-order valence-corrected chi connectivity index (χ3v) is 3.39. The first-order valence-electron chi connectivity index (χ1n) is 7.16. The van der Waals surface area contributed by atoms with Crippen LogP contribution in [-0.2, 0) is 13.0 Å². The van der Waals surface area contributed by atoms with Crippen molar-refractivity contribution in [2.24, 2.45) is 0 Å². The molecule has 2 nitrogen and oxygen atoms in total. The van der Waals surface area contributed by atoms with Crippen LogP contribution in [0.4, 0.5) is 5.69 Å².